The summed E-state index contributed by atoms with van der Waals surface area (Å²) in [7, 11) is 0. The minimum absolute atomic E-state index is 0.169. The fraction of sp³-hybridized carbons (Fsp3) is 0.350. The molecule has 14 heteroatoms. The van der Waals surface area contributed by atoms with Crippen LogP contribution >= 0.6 is 0 Å². The average Bonchev–Trinajstić information content (AvgIpc) is 2.91. The maximum atomic E-state index is 12.8. The Morgan fingerprint density at radius 3 is 2.24 bits per heavy atom. The standard InChI is InChI=1S/C20H16F6N2O6/c1-2-31-14-6-4-3-5-12(14)13-8-7-11-9-27-10-18(32-15(11)28-13,33-16(29)19(21,22)23)34-17(30)20(24,25)26/h3-8,27H,2,9-10H2,1H3. The van der Waals surface area contributed by atoms with E-state index in [0.29, 0.717) is 17.9 Å². The molecule has 0 atom stereocenters. The number of nitrogens with one attached hydrogen (secondary N) is 1. The third-order valence-corrected chi connectivity index (χ3v) is 4.27. The summed E-state index contributed by atoms with van der Waals surface area (Å²) in [6.07, 6.45) is -11.2. The number of halogens is 6. The lowest BCUT2D eigenvalue weighted by Crippen LogP contribution is -2.55. The van der Waals surface area contributed by atoms with Crippen LogP contribution in [0.15, 0.2) is 36.4 Å². The molecule has 1 aliphatic rings. The lowest BCUT2D eigenvalue weighted by molar-refractivity contribution is -0.331. The van der Waals surface area contributed by atoms with Gasteiger partial charge in [-0.05, 0) is 25.1 Å². The molecule has 2 aromatic rings. The van der Waals surface area contributed by atoms with Crippen molar-refractivity contribution >= 4 is 11.9 Å². The summed E-state index contributed by atoms with van der Waals surface area (Å²) < 4.78 is 95.6. The van der Waals surface area contributed by atoms with Crippen molar-refractivity contribution in [3.8, 4) is 22.9 Å². The van der Waals surface area contributed by atoms with Crippen molar-refractivity contribution in [3.05, 3.63) is 42.0 Å². The Kier molecular flexibility index (Phi) is 6.91. The third kappa shape index (κ3) is 5.68. The summed E-state index contributed by atoms with van der Waals surface area (Å²) in [6, 6.07) is 9.49. The van der Waals surface area contributed by atoms with Crippen molar-refractivity contribution in [1.82, 2.24) is 10.3 Å². The monoisotopic (exact) mass is 494 g/mol. The van der Waals surface area contributed by atoms with Gasteiger partial charge in [-0.25, -0.2) is 14.6 Å². The number of nitrogens with zero attached hydrogens (tertiary/aromatic N) is 1. The number of hydrogen-bond donors (Lipinski definition) is 1. The first-order valence-electron chi connectivity index (χ1n) is 9.57. The number of fused-ring (bicyclic) bond motifs is 1. The van der Waals surface area contributed by atoms with Crippen LogP contribution in [-0.4, -0.2) is 48.4 Å². The fourth-order valence-corrected chi connectivity index (χ4v) is 2.87. The second-order valence-electron chi connectivity index (χ2n) is 6.75. The van der Waals surface area contributed by atoms with Gasteiger partial charge in [-0.15, -0.1) is 0 Å². The molecule has 0 fully saturated rings. The summed E-state index contributed by atoms with van der Waals surface area (Å²) >= 11 is 0. The quantitative estimate of drug-likeness (QED) is 0.384. The SMILES string of the molecule is CCOc1ccccc1-c1ccc2c(n1)OC(OC(=O)C(F)(F)F)(OC(=O)C(F)(F)F)CNC2. The zero-order valence-corrected chi connectivity index (χ0v) is 17.2. The molecule has 184 valence electrons. The van der Waals surface area contributed by atoms with Crippen LogP contribution in [0.25, 0.3) is 11.3 Å². The van der Waals surface area contributed by atoms with Gasteiger partial charge in [0.25, 0.3) is 0 Å². The van der Waals surface area contributed by atoms with E-state index in [1.165, 1.54) is 12.1 Å². The highest BCUT2D eigenvalue weighted by atomic mass is 19.4. The van der Waals surface area contributed by atoms with Crippen LogP contribution in [0.2, 0.25) is 0 Å². The number of aromatic nitrogens is 1. The van der Waals surface area contributed by atoms with E-state index in [9.17, 15) is 35.9 Å². The van der Waals surface area contributed by atoms with E-state index in [1.807, 2.05) is 0 Å². The van der Waals surface area contributed by atoms with Gasteiger partial charge in [-0.1, -0.05) is 18.2 Å². The summed E-state index contributed by atoms with van der Waals surface area (Å²) in [5.41, 5.74) is 0.770. The number of esters is 2. The van der Waals surface area contributed by atoms with Crippen LogP contribution in [0, 0.1) is 0 Å². The van der Waals surface area contributed by atoms with Crippen molar-refractivity contribution in [2.45, 2.75) is 31.8 Å². The highest BCUT2D eigenvalue weighted by Gasteiger charge is 2.55. The van der Waals surface area contributed by atoms with E-state index in [2.05, 4.69) is 19.8 Å². The molecule has 1 aromatic heterocycles. The molecule has 0 bridgehead atoms. The molecule has 0 saturated heterocycles. The van der Waals surface area contributed by atoms with E-state index in [0.717, 1.165) is 0 Å². The van der Waals surface area contributed by atoms with E-state index < -0.39 is 42.7 Å². The normalized spacial score (nSPS) is 15.4. The lowest BCUT2D eigenvalue weighted by Gasteiger charge is -2.31. The molecule has 1 N–H and O–H groups in total. The molecule has 2 heterocycles. The van der Waals surface area contributed by atoms with Crippen LogP contribution in [0.1, 0.15) is 12.5 Å². The fourth-order valence-electron chi connectivity index (χ4n) is 2.87. The average molecular weight is 494 g/mol. The van der Waals surface area contributed by atoms with Crippen LogP contribution in [-0.2, 0) is 25.6 Å². The molecule has 8 nitrogen and oxygen atoms in total. The predicted molar refractivity (Wildman–Crippen MR) is 100 cm³/mol. The highest BCUT2D eigenvalue weighted by Crippen LogP contribution is 2.35. The van der Waals surface area contributed by atoms with Gasteiger partial charge in [0.15, 0.2) is 0 Å². The van der Waals surface area contributed by atoms with Crippen LogP contribution in [0.3, 0.4) is 0 Å². The highest BCUT2D eigenvalue weighted by molar-refractivity contribution is 5.78. The van der Waals surface area contributed by atoms with Gasteiger partial charge in [0.2, 0.25) is 5.88 Å². The number of ether oxygens (including phenoxy) is 4. The van der Waals surface area contributed by atoms with E-state index in [-0.39, 0.29) is 17.8 Å². The minimum Gasteiger partial charge on any atom is -0.493 e. The molecule has 0 spiro atoms. The van der Waals surface area contributed by atoms with Crippen molar-refractivity contribution in [1.29, 1.82) is 0 Å². The molecular weight excluding hydrogens is 478 g/mol. The van der Waals surface area contributed by atoms with Gasteiger partial charge in [0.1, 0.15) is 12.3 Å². The molecule has 0 unspecified atom stereocenters. The first-order valence-corrected chi connectivity index (χ1v) is 9.57. The Bertz CT molecular complexity index is 1040. The zero-order chi connectivity index (χ0) is 25.1. The number of benzene rings is 1. The molecule has 34 heavy (non-hydrogen) atoms. The first-order chi connectivity index (χ1) is 15.8. The molecule has 0 aliphatic carbocycles. The van der Waals surface area contributed by atoms with Gasteiger partial charge in [0, 0.05) is 17.7 Å². The smallest absolute Gasteiger partial charge is 0.491 e. The maximum absolute atomic E-state index is 12.8. The van der Waals surface area contributed by atoms with Gasteiger partial charge in [-0.2, -0.15) is 26.3 Å². The number of alkyl halides is 6. The number of carbonyl (C=O) groups is 2. The minimum atomic E-state index is -5.62. The molecule has 1 aliphatic heterocycles. The Hall–Kier alpha value is -3.55. The van der Waals surface area contributed by atoms with Crippen molar-refractivity contribution in [2.75, 3.05) is 13.2 Å². The molecular formula is C20H16F6N2O6. The van der Waals surface area contributed by atoms with Gasteiger partial charge in [-0.3, -0.25) is 0 Å². The second kappa shape index (κ2) is 9.37. The molecule has 1 aromatic carbocycles. The predicted octanol–water partition coefficient (Wildman–Crippen LogP) is 3.49. The van der Waals surface area contributed by atoms with Crippen LogP contribution in [0.4, 0.5) is 26.3 Å². The largest absolute Gasteiger partial charge is 0.493 e. The molecule has 0 saturated carbocycles. The topological polar surface area (TPSA) is 96.0 Å². The second-order valence-corrected chi connectivity index (χ2v) is 6.75. The van der Waals surface area contributed by atoms with E-state index in [1.54, 1.807) is 31.2 Å². The number of hydrogen-bond acceptors (Lipinski definition) is 8. The Morgan fingerprint density at radius 2 is 1.65 bits per heavy atom. The number of carbonyl (C=O) groups excluding carboxylic acids is 2. The van der Waals surface area contributed by atoms with Gasteiger partial charge in [0.05, 0.1) is 12.3 Å². The lowest BCUT2D eigenvalue weighted by atomic mass is 10.1. The van der Waals surface area contributed by atoms with E-state index >= 15 is 0 Å². The number of pyridine rings is 1. The van der Waals surface area contributed by atoms with Gasteiger partial charge < -0.3 is 24.3 Å². The molecule has 0 radical (unpaired) electrons. The number of rotatable bonds is 5. The summed E-state index contributed by atoms with van der Waals surface area (Å²) in [5.74, 6) is -9.47. The van der Waals surface area contributed by atoms with Crippen molar-refractivity contribution in [3.63, 3.8) is 0 Å². The van der Waals surface area contributed by atoms with Crippen molar-refractivity contribution in [2.24, 2.45) is 0 Å². The van der Waals surface area contributed by atoms with Crippen molar-refractivity contribution < 1.29 is 54.9 Å². The van der Waals surface area contributed by atoms with Crippen LogP contribution in [0.5, 0.6) is 11.6 Å². The van der Waals surface area contributed by atoms with Gasteiger partial charge >= 0.3 is 30.3 Å². The Balaban J connectivity index is 2.05. The van der Waals surface area contributed by atoms with E-state index in [4.69, 9.17) is 9.47 Å². The summed E-state index contributed by atoms with van der Waals surface area (Å²) in [6.45, 7) is 0.795. The Labute approximate surface area is 187 Å². The van der Waals surface area contributed by atoms with Crippen LogP contribution < -0.4 is 14.8 Å². The summed E-state index contributed by atoms with van der Waals surface area (Å²) in [4.78, 5) is 27.0. The first kappa shape index (κ1) is 25.1. The summed E-state index contributed by atoms with van der Waals surface area (Å²) in [5, 5.41) is 2.42. The third-order valence-electron chi connectivity index (χ3n) is 4.27. The maximum Gasteiger partial charge on any atom is 0.491 e. The molecule has 3 rings (SSSR count). The molecule has 0 amide bonds. The Morgan fingerprint density at radius 1 is 1.03 bits per heavy atom. The number of para-hydroxylation sites is 1. The zero-order valence-electron chi connectivity index (χ0n) is 17.2.